The summed E-state index contributed by atoms with van der Waals surface area (Å²) in [5, 5.41) is 0. The Balaban J connectivity index is 1.98. The second-order valence-electron chi connectivity index (χ2n) is 6.92. The molecule has 0 saturated carbocycles. The van der Waals surface area contributed by atoms with Crippen LogP contribution in [-0.4, -0.2) is 24.5 Å². The first-order valence-electron chi connectivity index (χ1n) is 9.69. The van der Waals surface area contributed by atoms with Gasteiger partial charge in [-0.2, -0.15) is 0 Å². The van der Waals surface area contributed by atoms with E-state index in [2.05, 4.69) is 87.2 Å². The summed E-state index contributed by atoms with van der Waals surface area (Å²) in [4.78, 5) is 2.55. The first kappa shape index (κ1) is 19.5. The molecule has 134 valence electrons. The number of hydrogen-bond donors (Lipinski definition) is 0. The number of hydrogen-bond acceptors (Lipinski definition) is 1. The van der Waals surface area contributed by atoms with Crippen LogP contribution in [-0.2, 0) is 6.42 Å². The maximum absolute atomic E-state index is 2.55. The molecule has 0 unspecified atom stereocenters. The molecule has 0 aromatic heterocycles. The summed E-state index contributed by atoms with van der Waals surface area (Å²) in [6.45, 7) is 12.5. The van der Waals surface area contributed by atoms with Crippen LogP contribution >= 0.6 is 0 Å². The zero-order chi connectivity index (χ0) is 18.1. The van der Waals surface area contributed by atoms with E-state index in [4.69, 9.17) is 0 Å². The highest BCUT2D eigenvalue weighted by molar-refractivity contribution is 5.72. The smallest absolute Gasteiger partial charge is 0.00157 e. The van der Waals surface area contributed by atoms with Crippen LogP contribution in [0.5, 0.6) is 0 Å². The predicted octanol–water partition coefficient (Wildman–Crippen LogP) is 6.14. The lowest BCUT2D eigenvalue weighted by atomic mass is 10.0. The fourth-order valence-corrected chi connectivity index (χ4v) is 3.37. The van der Waals surface area contributed by atoms with Gasteiger partial charge in [-0.05, 0) is 80.6 Å². The highest BCUT2D eigenvalue weighted by atomic mass is 15.1. The van der Waals surface area contributed by atoms with Crippen LogP contribution in [0, 0.1) is 13.8 Å². The molecule has 1 nitrogen and oxygen atoms in total. The van der Waals surface area contributed by atoms with Crippen molar-refractivity contribution >= 4 is 12.2 Å². The molecule has 0 bridgehead atoms. The maximum Gasteiger partial charge on any atom is -0.00157 e. The van der Waals surface area contributed by atoms with Gasteiger partial charge in [0.05, 0.1) is 0 Å². The van der Waals surface area contributed by atoms with Gasteiger partial charge in [0.15, 0.2) is 0 Å². The standard InChI is InChI=1S/C24H33N/c1-5-17-25(6-2)18-9-14-22-12-8-13-23(19-22)15-16-24-20(3)10-7-11-21(24)4/h7-8,10-13,15-16,19H,5-6,9,14,17-18H2,1-4H3/b16-15-. The third kappa shape index (κ3) is 6.17. The van der Waals surface area contributed by atoms with Gasteiger partial charge in [0.25, 0.3) is 0 Å². The van der Waals surface area contributed by atoms with E-state index in [1.54, 1.807) is 0 Å². The third-order valence-corrected chi connectivity index (χ3v) is 4.86. The molecule has 2 aromatic carbocycles. The highest BCUT2D eigenvalue weighted by Gasteiger charge is 2.02. The molecular weight excluding hydrogens is 302 g/mol. The Morgan fingerprint density at radius 1 is 0.880 bits per heavy atom. The van der Waals surface area contributed by atoms with E-state index >= 15 is 0 Å². The lowest BCUT2D eigenvalue weighted by Gasteiger charge is -2.19. The summed E-state index contributed by atoms with van der Waals surface area (Å²) in [5.41, 5.74) is 6.74. The quantitative estimate of drug-likeness (QED) is 0.498. The summed E-state index contributed by atoms with van der Waals surface area (Å²) in [6.07, 6.45) is 8.13. The van der Waals surface area contributed by atoms with Crippen LogP contribution in [0.25, 0.3) is 12.2 Å². The molecule has 2 rings (SSSR count). The summed E-state index contributed by atoms with van der Waals surface area (Å²) in [5.74, 6) is 0. The van der Waals surface area contributed by atoms with Crippen molar-refractivity contribution < 1.29 is 0 Å². The molecular formula is C24H33N. The second-order valence-corrected chi connectivity index (χ2v) is 6.92. The maximum atomic E-state index is 2.55. The number of rotatable bonds is 9. The van der Waals surface area contributed by atoms with E-state index in [1.807, 2.05) is 0 Å². The summed E-state index contributed by atoms with van der Waals surface area (Å²) in [7, 11) is 0. The first-order chi connectivity index (χ1) is 12.1. The van der Waals surface area contributed by atoms with Crippen molar-refractivity contribution in [3.8, 4) is 0 Å². The summed E-state index contributed by atoms with van der Waals surface area (Å²) >= 11 is 0. The Morgan fingerprint density at radius 3 is 2.28 bits per heavy atom. The van der Waals surface area contributed by atoms with Crippen LogP contribution in [0.2, 0.25) is 0 Å². The average molecular weight is 336 g/mol. The second kappa shape index (κ2) is 10.2. The molecule has 0 aliphatic carbocycles. The topological polar surface area (TPSA) is 3.24 Å². The van der Waals surface area contributed by atoms with E-state index in [-0.39, 0.29) is 0 Å². The molecule has 0 amide bonds. The molecule has 0 heterocycles. The fraction of sp³-hybridized carbons (Fsp3) is 0.417. The van der Waals surface area contributed by atoms with E-state index in [9.17, 15) is 0 Å². The zero-order valence-electron chi connectivity index (χ0n) is 16.4. The average Bonchev–Trinajstić information content (AvgIpc) is 2.61. The Bertz CT molecular complexity index is 664. The molecule has 2 aromatic rings. The Morgan fingerprint density at radius 2 is 1.60 bits per heavy atom. The van der Waals surface area contributed by atoms with E-state index < -0.39 is 0 Å². The Labute approximate surface area is 154 Å². The van der Waals surface area contributed by atoms with Gasteiger partial charge in [0.1, 0.15) is 0 Å². The van der Waals surface area contributed by atoms with Crippen LogP contribution in [0.15, 0.2) is 42.5 Å². The van der Waals surface area contributed by atoms with Crippen LogP contribution in [0.1, 0.15) is 54.5 Å². The number of nitrogens with zero attached hydrogens (tertiary/aromatic N) is 1. The van der Waals surface area contributed by atoms with Crippen molar-refractivity contribution in [1.29, 1.82) is 0 Å². The Hall–Kier alpha value is -1.86. The molecule has 25 heavy (non-hydrogen) atoms. The van der Waals surface area contributed by atoms with Crippen molar-refractivity contribution in [2.45, 2.75) is 47.0 Å². The van der Waals surface area contributed by atoms with Gasteiger partial charge >= 0.3 is 0 Å². The van der Waals surface area contributed by atoms with Crippen LogP contribution in [0.4, 0.5) is 0 Å². The monoisotopic (exact) mass is 335 g/mol. The molecule has 1 heteroatoms. The minimum atomic E-state index is 1.16. The predicted molar refractivity (Wildman–Crippen MR) is 112 cm³/mol. The molecule has 0 N–H and O–H groups in total. The lowest BCUT2D eigenvalue weighted by Crippen LogP contribution is -2.25. The lowest BCUT2D eigenvalue weighted by molar-refractivity contribution is 0.285. The molecule has 0 aliphatic rings. The van der Waals surface area contributed by atoms with Crippen molar-refractivity contribution in [3.05, 3.63) is 70.3 Å². The van der Waals surface area contributed by atoms with Gasteiger partial charge in [-0.25, -0.2) is 0 Å². The number of aryl methyl sites for hydroxylation is 3. The zero-order valence-corrected chi connectivity index (χ0v) is 16.4. The van der Waals surface area contributed by atoms with Crippen molar-refractivity contribution in [2.24, 2.45) is 0 Å². The molecule has 0 spiro atoms. The van der Waals surface area contributed by atoms with Crippen molar-refractivity contribution in [1.82, 2.24) is 4.90 Å². The molecule has 0 saturated heterocycles. The van der Waals surface area contributed by atoms with Gasteiger partial charge in [0.2, 0.25) is 0 Å². The molecule has 0 fully saturated rings. The van der Waals surface area contributed by atoms with Gasteiger partial charge in [0, 0.05) is 0 Å². The minimum Gasteiger partial charge on any atom is -0.304 e. The van der Waals surface area contributed by atoms with E-state index in [0.717, 1.165) is 13.0 Å². The largest absolute Gasteiger partial charge is 0.304 e. The van der Waals surface area contributed by atoms with Gasteiger partial charge in [-0.15, -0.1) is 0 Å². The normalized spacial score (nSPS) is 11.6. The van der Waals surface area contributed by atoms with Crippen molar-refractivity contribution in [2.75, 3.05) is 19.6 Å². The molecule has 0 radical (unpaired) electrons. The minimum absolute atomic E-state index is 1.16. The molecule has 0 atom stereocenters. The van der Waals surface area contributed by atoms with Gasteiger partial charge in [-0.3, -0.25) is 0 Å². The van der Waals surface area contributed by atoms with Gasteiger partial charge in [-0.1, -0.05) is 68.5 Å². The van der Waals surface area contributed by atoms with E-state index in [0.29, 0.717) is 0 Å². The highest BCUT2D eigenvalue weighted by Crippen LogP contribution is 2.17. The fourth-order valence-electron chi connectivity index (χ4n) is 3.37. The molecule has 0 aliphatic heterocycles. The summed E-state index contributed by atoms with van der Waals surface area (Å²) < 4.78 is 0. The van der Waals surface area contributed by atoms with E-state index in [1.165, 1.54) is 53.7 Å². The number of benzene rings is 2. The summed E-state index contributed by atoms with van der Waals surface area (Å²) in [6, 6.07) is 15.5. The van der Waals surface area contributed by atoms with Crippen molar-refractivity contribution in [3.63, 3.8) is 0 Å². The first-order valence-corrected chi connectivity index (χ1v) is 9.69. The SMILES string of the molecule is CCCN(CC)CCCc1cccc(/C=C\c2c(C)cccc2C)c1. The van der Waals surface area contributed by atoms with Gasteiger partial charge < -0.3 is 4.90 Å². The van der Waals surface area contributed by atoms with Crippen LogP contribution in [0.3, 0.4) is 0 Å². The Kier molecular flexibility index (Phi) is 7.94. The third-order valence-electron chi connectivity index (χ3n) is 4.86. The van der Waals surface area contributed by atoms with Crippen LogP contribution < -0.4 is 0 Å².